The fourth-order valence-electron chi connectivity index (χ4n) is 3.24. The summed E-state index contributed by atoms with van der Waals surface area (Å²) in [7, 11) is 0. The zero-order valence-electron chi connectivity index (χ0n) is 14.9. The van der Waals surface area contributed by atoms with Gasteiger partial charge in [-0.15, -0.1) is 11.8 Å². The van der Waals surface area contributed by atoms with Crippen molar-refractivity contribution in [1.82, 2.24) is 10.2 Å². The minimum absolute atomic E-state index is 0. The molecule has 2 aliphatic rings. The molecule has 0 spiro atoms. The van der Waals surface area contributed by atoms with Crippen LogP contribution in [0.1, 0.15) is 19.4 Å². The Morgan fingerprint density at radius 3 is 2.41 bits per heavy atom. The summed E-state index contributed by atoms with van der Waals surface area (Å²) >= 11 is 1.40. The van der Waals surface area contributed by atoms with Gasteiger partial charge < -0.3 is 37.5 Å². The summed E-state index contributed by atoms with van der Waals surface area (Å²) in [6.07, 6.45) is 0.0829. The SMILES string of the molecule is CC1(C)SC2C(NC(=O)Cc3ccccc3N)C(=O)N2C1C(=O)O.O.O.O. The van der Waals surface area contributed by atoms with Crippen molar-refractivity contribution in [3.8, 4) is 0 Å². The number of carboxylic acid groups (broad SMARTS) is 1. The number of carbonyl (C=O) groups is 3. The summed E-state index contributed by atoms with van der Waals surface area (Å²) in [4.78, 5) is 37.3. The fourth-order valence-corrected chi connectivity index (χ4v) is 4.86. The Labute approximate surface area is 160 Å². The van der Waals surface area contributed by atoms with Crippen LogP contribution in [0.4, 0.5) is 5.69 Å². The molecule has 0 bridgehead atoms. The third-order valence-corrected chi connectivity index (χ3v) is 5.97. The maximum atomic E-state index is 12.3. The number of rotatable bonds is 4. The lowest BCUT2D eigenvalue weighted by atomic mass is 9.96. The maximum Gasteiger partial charge on any atom is 0.327 e. The van der Waals surface area contributed by atoms with Gasteiger partial charge in [-0.2, -0.15) is 0 Å². The van der Waals surface area contributed by atoms with Gasteiger partial charge in [0.05, 0.1) is 6.42 Å². The van der Waals surface area contributed by atoms with Crippen molar-refractivity contribution in [2.24, 2.45) is 0 Å². The summed E-state index contributed by atoms with van der Waals surface area (Å²) in [5.41, 5.74) is 7.04. The van der Waals surface area contributed by atoms with E-state index in [0.29, 0.717) is 11.3 Å². The molecule has 11 heteroatoms. The topological polar surface area (TPSA) is 207 Å². The number of hydrogen-bond acceptors (Lipinski definition) is 5. The number of carboxylic acids is 1. The van der Waals surface area contributed by atoms with E-state index in [1.165, 1.54) is 16.7 Å². The molecule has 0 saturated carbocycles. The molecular formula is C16H25N3O7S. The monoisotopic (exact) mass is 403 g/mol. The Balaban J connectivity index is 0.00000225. The van der Waals surface area contributed by atoms with Gasteiger partial charge in [0.1, 0.15) is 17.5 Å². The molecular weight excluding hydrogens is 378 g/mol. The van der Waals surface area contributed by atoms with Gasteiger partial charge in [0.2, 0.25) is 11.8 Å². The van der Waals surface area contributed by atoms with E-state index >= 15 is 0 Å². The van der Waals surface area contributed by atoms with E-state index in [9.17, 15) is 19.5 Å². The van der Waals surface area contributed by atoms with Crippen molar-refractivity contribution >= 4 is 35.2 Å². The molecule has 3 unspecified atom stereocenters. The highest BCUT2D eigenvalue weighted by Gasteiger charge is 2.64. The van der Waals surface area contributed by atoms with Gasteiger partial charge in [-0.25, -0.2) is 4.79 Å². The molecule has 2 amide bonds. The molecule has 152 valence electrons. The van der Waals surface area contributed by atoms with E-state index in [0.717, 1.165) is 0 Å². The first-order valence-electron chi connectivity index (χ1n) is 7.58. The van der Waals surface area contributed by atoms with Gasteiger partial charge in [0.25, 0.3) is 0 Å². The number of amides is 2. The van der Waals surface area contributed by atoms with E-state index in [1.807, 2.05) is 0 Å². The number of β-lactam (4-membered cyclic amide) rings is 1. The van der Waals surface area contributed by atoms with E-state index in [2.05, 4.69) is 5.32 Å². The van der Waals surface area contributed by atoms with E-state index in [4.69, 9.17) is 5.73 Å². The summed E-state index contributed by atoms with van der Waals surface area (Å²) in [5.74, 6) is -1.67. The molecule has 2 heterocycles. The Morgan fingerprint density at radius 1 is 1.26 bits per heavy atom. The van der Waals surface area contributed by atoms with E-state index in [-0.39, 0.29) is 40.0 Å². The lowest BCUT2D eigenvalue weighted by molar-refractivity contribution is -0.161. The number of nitrogens with zero attached hydrogens (tertiary/aromatic N) is 1. The highest BCUT2D eigenvalue weighted by Crippen LogP contribution is 2.50. The summed E-state index contributed by atoms with van der Waals surface area (Å²) < 4.78 is -0.602. The number of para-hydroxylation sites is 1. The minimum Gasteiger partial charge on any atom is -0.480 e. The zero-order chi connectivity index (χ0) is 17.6. The first-order valence-corrected chi connectivity index (χ1v) is 8.46. The minimum atomic E-state index is -1.02. The second kappa shape index (κ2) is 8.57. The molecule has 1 aromatic rings. The van der Waals surface area contributed by atoms with Gasteiger partial charge >= 0.3 is 5.97 Å². The number of fused-ring (bicyclic) bond motifs is 1. The van der Waals surface area contributed by atoms with Crippen LogP contribution in [0, 0.1) is 0 Å². The first-order chi connectivity index (χ1) is 11.2. The van der Waals surface area contributed by atoms with Crippen LogP contribution in [0.3, 0.4) is 0 Å². The second-order valence-corrected chi connectivity index (χ2v) is 8.29. The van der Waals surface area contributed by atoms with Crippen LogP contribution < -0.4 is 11.1 Å². The molecule has 27 heavy (non-hydrogen) atoms. The van der Waals surface area contributed by atoms with Gasteiger partial charge in [0, 0.05) is 10.4 Å². The van der Waals surface area contributed by atoms with Gasteiger partial charge in [-0.3, -0.25) is 9.59 Å². The number of nitrogens with two attached hydrogens (primary N) is 1. The molecule has 2 fully saturated rings. The predicted octanol–water partition coefficient (Wildman–Crippen LogP) is -2.03. The van der Waals surface area contributed by atoms with Crippen molar-refractivity contribution in [2.75, 3.05) is 5.73 Å². The van der Waals surface area contributed by atoms with Crippen LogP contribution >= 0.6 is 11.8 Å². The largest absolute Gasteiger partial charge is 0.480 e. The van der Waals surface area contributed by atoms with Crippen molar-refractivity contribution in [1.29, 1.82) is 0 Å². The summed E-state index contributed by atoms with van der Waals surface area (Å²) in [5, 5.41) is 11.7. The van der Waals surface area contributed by atoms with Crippen LogP contribution in [0.2, 0.25) is 0 Å². The van der Waals surface area contributed by atoms with Crippen LogP contribution in [0.25, 0.3) is 0 Å². The van der Waals surface area contributed by atoms with Crippen molar-refractivity contribution in [3.63, 3.8) is 0 Å². The van der Waals surface area contributed by atoms with Crippen LogP contribution in [0.5, 0.6) is 0 Å². The molecule has 0 aliphatic carbocycles. The standard InChI is InChI=1S/C16H19N3O4S.3H2O/c1-16(2)12(15(22)23)19-13(21)11(14(19)24-16)18-10(20)7-8-5-3-4-6-9(8)17;;;/h3-6,11-12,14H,7,17H2,1-2H3,(H,18,20)(H,22,23);3*1H2. The lowest BCUT2D eigenvalue weighted by Gasteiger charge is -2.43. The van der Waals surface area contributed by atoms with Crippen LogP contribution in [-0.4, -0.2) is 66.4 Å². The number of aliphatic carboxylic acids is 1. The number of carbonyl (C=O) groups excluding carboxylic acids is 2. The third kappa shape index (κ3) is 4.16. The highest BCUT2D eigenvalue weighted by atomic mass is 32.2. The Kier molecular flexibility index (Phi) is 7.82. The molecule has 2 saturated heterocycles. The molecule has 3 atom stereocenters. The van der Waals surface area contributed by atoms with Crippen molar-refractivity contribution in [3.05, 3.63) is 29.8 Å². The molecule has 0 radical (unpaired) electrons. The van der Waals surface area contributed by atoms with Crippen LogP contribution in [0.15, 0.2) is 24.3 Å². The average molecular weight is 403 g/mol. The smallest absolute Gasteiger partial charge is 0.327 e. The highest BCUT2D eigenvalue weighted by molar-refractivity contribution is 8.01. The van der Waals surface area contributed by atoms with E-state index < -0.39 is 22.8 Å². The quantitative estimate of drug-likeness (QED) is 0.381. The summed E-state index contributed by atoms with van der Waals surface area (Å²) in [6.45, 7) is 3.59. The number of benzene rings is 1. The summed E-state index contributed by atoms with van der Waals surface area (Å²) in [6, 6.07) is 5.49. The Bertz CT molecular complexity index is 728. The lowest BCUT2D eigenvalue weighted by Crippen LogP contribution is -2.70. The third-order valence-electron chi connectivity index (χ3n) is 4.40. The number of nitrogen functional groups attached to an aromatic ring is 1. The van der Waals surface area contributed by atoms with Crippen LogP contribution in [-0.2, 0) is 20.8 Å². The molecule has 3 rings (SSSR count). The number of anilines is 1. The average Bonchev–Trinajstić information content (AvgIpc) is 2.76. The van der Waals surface area contributed by atoms with Crippen molar-refractivity contribution in [2.45, 2.75) is 42.5 Å². The van der Waals surface area contributed by atoms with E-state index in [1.54, 1.807) is 38.1 Å². The number of nitrogens with one attached hydrogen (secondary N) is 1. The van der Waals surface area contributed by atoms with Gasteiger partial charge in [-0.1, -0.05) is 18.2 Å². The molecule has 0 aromatic heterocycles. The number of thioether (sulfide) groups is 1. The fraction of sp³-hybridized carbons (Fsp3) is 0.438. The van der Waals surface area contributed by atoms with Crippen molar-refractivity contribution < 1.29 is 35.9 Å². The van der Waals surface area contributed by atoms with Gasteiger partial charge in [-0.05, 0) is 25.5 Å². The molecule has 1 aromatic carbocycles. The predicted molar refractivity (Wildman–Crippen MR) is 101 cm³/mol. The maximum absolute atomic E-state index is 12.3. The first kappa shape index (κ1) is 24.7. The molecule has 10 N–H and O–H groups in total. The molecule has 10 nitrogen and oxygen atoms in total. The Morgan fingerprint density at radius 2 is 1.85 bits per heavy atom. The Hall–Kier alpha value is -2.34. The number of hydrogen-bond donors (Lipinski definition) is 3. The normalized spacial score (nSPS) is 24.3. The van der Waals surface area contributed by atoms with Gasteiger partial charge in [0.15, 0.2) is 0 Å². The molecule has 2 aliphatic heterocycles. The second-order valence-electron chi connectivity index (χ2n) is 6.52. The zero-order valence-corrected chi connectivity index (χ0v) is 15.7.